The molecular formula is C39H39Cl2N3O8. The zero-order valence-corrected chi connectivity index (χ0v) is 31.0. The second-order valence-corrected chi connectivity index (χ2v) is 15.5. The van der Waals surface area contributed by atoms with Gasteiger partial charge in [0.05, 0.1) is 55.2 Å². The van der Waals surface area contributed by atoms with E-state index < -0.39 is 52.4 Å². The van der Waals surface area contributed by atoms with Gasteiger partial charge in [-0.3, -0.25) is 29.5 Å². The summed E-state index contributed by atoms with van der Waals surface area (Å²) in [6.07, 6.45) is 2.34. The summed E-state index contributed by atoms with van der Waals surface area (Å²) in [5.41, 5.74) is 2.71. The minimum Gasteiger partial charge on any atom is -0.502 e. The second-order valence-electron chi connectivity index (χ2n) is 14.7. The number of rotatable bonds is 7. The van der Waals surface area contributed by atoms with Gasteiger partial charge in [0.25, 0.3) is 11.8 Å². The molecule has 6 atom stereocenters. The number of likely N-dealkylation sites (tertiary alicyclic amines) is 1. The van der Waals surface area contributed by atoms with Crippen LogP contribution in [0.25, 0.3) is 0 Å². The van der Waals surface area contributed by atoms with Crippen molar-refractivity contribution in [1.29, 1.82) is 0 Å². The fourth-order valence-electron chi connectivity index (χ4n) is 8.96. The van der Waals surface area contributed by atoms with E-state index in [0.717, 1.165) is 10.6 Å². The number of nitrogens with zero attached hydrogens (tertiary/aromatic N) is 2. The minimum atomic E-state index is -1.59. The van der Waals surface area contributed by atoms with Crippen molar-refractivity contribution in [1.82, 2.24) is 9.91 Å². The number of methoxy groups -OCH3 is 3. The molecule has 2 N–H and O–H groups in total. The predicted octanol–water partition coefficient (Wildman–Crippen LogP) is 6.51. The molecule has 2 aliphatic carbocycles. The first kappa shape index (κ1) is 35.7. The van der Waals surface area contributed by atoms with Crippen molar-refractivity contribution in [2.24, 2.45) is 23.7 Å². The molecular weight excluding hydrogens is 709 g/mol. The van der Waals surface area contributed by atoms with Crippen LogP contribution in [0.1, 0.15) is 50.7 Å². The first-order valence-corrected chi connectivity index (χ1v) is 17.7. The van der Waals surface area contributed by atoms with E-state index in [-0.39, 0.29) is 52.6 Å². The Bertz CT molecular complexity index is 2020. The topological polar surface area (TPSA) is 135 Å². The number of hydrazine groups is 1. The van der Waals surface area contributed by atoms with Gasteiger partial charge in [0.1, 0.15) is 5.75 Å². The largest absolute Gasteiger partial charge is 0.502 e. The third kappa shape index (κ3) is 5.15. The number of carbonyl (C=O) groups excluding carboxylic acids is 4. The Morgan fingerprint density at radius 1 is 0.846 bits per heavy atom. The van der Waals surface area contributed by atoms with Crippen molar-refractivity contribution < 1.29 is 38.5 Å². The zero-order valence-electron chi connectivity index (χ0n) is 29.5. The Morgan fingerprint density at radius 3 is 2.08 bits per heavy atom. The van der Waals surface area contributed by atoms with Gasteiger partial charge >= 0.3 is 0 Å². The number of ether oxygens (including phenoxy) is 3. The lowest BCUT2D eigenvalue weighted by molar-refractivity contribution is -0.146. The molecule has 6 unspecified atom stereocenters. The normalized spacial score (nSPS) is 26.8. The van der Waals surface area contributed by atoms with Crippen molar-refractivity contribution in [3.63, 3.8) is 0 Å². The summed E-state index contributed by atoms with van der Waals surface area (Å²) in [6, 6.07) is 15.0. The van der Waals surface area contributed by atoms with Gasteiger partial charge in [0, 0.05) is 16.5 Å². The molecule has 0 radical (unpaired) electrons. The van der Waals surface area contributed by atoms with E-state index >= 15 is 4.79 Å². The Morgan fingerprint density at radius 2 is 1.50 bits per heavy atom. The van der Waals surface area contributed by atoms with E-state index in [0.29, 0.717) is 21.9 Å². The van der Waals surface area contributed by atoms with E-state index in [1.807, 2.05) is 26.8 Å². The van der Waals surface area contributed by atoms with Gasteiger partial charge in [-0.05, 0) is 93.1 Å². The molecule has 4 amide bonds. The molecule has 4 aliphatic rings. The number of fused-ring (bicyclic) bond motifs is 4. The van der Waals surface area contributed by atoms with Crippen molar-refractivity contribution in [2.45, 2.75) is 50.5 Å². The van der Waals surface area contributed by atoms with Crippen LogP contribution < -0.4 is 19.6 Å². The van der Waals surface area contributed by atoms with Gasteiger partial charge < -0.3 is 19.3 Å². The highest BCUT2D eigenvalue weighted by atomic mass is 35.5. The van der Waals surface area contributed by atoms with Crippen molar-refractivity contribution in [3.05, 3.63) is 87.4 Å². The molecule has 3 fully saturated rings. The smallest absolute Gasteiger partial charge is 0.260 e. The predicted molar refractivity (Wildman–Crippen MR) is 193 cm³/mol. The van der Waals surface area contributed by atoms with E-state index in [4.69, 9.17) is 37.4 Å². The summed E-state index contributed by atoms with van der Waals surface area (Å²) in [7, 11) is 4.35. The first-order chi connectivity index (χ1) is 24.7. The van der Waals surface area contributed by atoms with Crippen molar-refractivity contribution in [3.8, 4) is 23.0 Å². The molecule has 272 valence electrons. The van der Waals surface area contributed by atoms with E-state index in [2.05, 4.69) is 5.43 Å². The van der Waals surface area contributed by atoms with E-state index in [1.165, 1.54) is 32.3 Å². The van der Waals surface area contributed by atoms with Crippen LogP contribution in [0.4, 0.5) is 5.69 Å². The molecule has 2 heterocycles. The fraction of sp³-hybridized carbons (Fsp3) is 0.385. The lowest BCUT2D eigenvalue weighted by atomic mass is 9.49. The van der Waals surface area contributed by atoms with Gasteiger partial charge in [-0.25, -0.2) is 0 Å². The molecule has 0 aromatic heterocycles. The number of carbonyl (C=O) groups is 4. The number of phenols is 1. The summed E-state index contributed by atoms with van der Waals surface area (Å²) in [6.45, 7) is 5.48. The van der Waals surface area contributed by atoms with Gasteiger partial charge in [0.15, 0.2) is 11.5 Å². The molecule has 2 saturated heterocycles. The number of anilines is 1. The summed E-state index contributed by atoms with van der Waals surface area (Å²) in [5, 5.41) is 12.6. The van der Waals surface area contributed by atoms with Crippen LogP contribution in [0, 0.1) is 23.7 Å². The number of amides is 4. The Hall–Kier alpha value is -4.74. The van der Waals surface area contributed by atoms with Crippen LogP contribution in [0.3, 0.4) is 0 Å². The standard InChI is InChI=1S/C39H39Cl2N3O8/c1-38(2,3)43-34(46)24-13-12-23-25(31(24)36(43)48)18-26-35(47)44(42-28-14-9-21(40)17-27(28)41)37(49)39(26,20-7-10-22(50-4)11-8-20)32(23)19-15-29(51-5)33(45)30(16-19)52-6/h7-12,14-17,24-26,31-32,42,45H,13,18H2,1-6H3. The number of hydrogen-bond acceptors (Lipinski definition) is 9. The van der Waals surface area contributed by atoms with Crippen LogP contribution in [0.2, 0.25) is 10.0 Å². The zero-order chi connectivity index (χ0) is 37.4. The number of aromatic hydroxyl groups is 1. The molecule has 7 rings (SSSR count). The van der Waals surface area contributed by atoms with Gasteiger partial charge in [0.2, 0.25) is 17.6 Å². The van der Waals surface area contributed by atoms with Crippen LogP contribution in [-0.4, -0.2) is 65.5 Å². The molecule has 3 aromatic carbocycles. The maximum atomic E-state index is 15.4. The highest BCUT2D eigenvalue weighted by Crippen LogP contribution is 2.65. The summed E-state index contributed by atoms with van der Waals surface area (Å²) in [5.74, 6) is -4.97. The number of benzene rings is 3. The maximum Gasteiger partial charge on any atom is 0.260 e. The number of hydrogen-bond donors (Lipinski definition) is 2. The molecule has 52 heavy (non-hydrogen) atoms. The number of nitrogens with one attached hydrogen (secondary N) is 1. The number of imide groups is 2. The lowest BCUT2D eigenvalue weighted by Gasteiger charge is -2.50. The molecule has 2 aliphatic heterocycles. The van der Waals surface area contributed by atoms with Gasteiger partial charge in [-0.2, -0.15) is 5.01 Å². The Balaban J connectivity index is 1.50. The maximum absolute atomic E-state index is 15.4. The average Bonchev–Trinajstić information content (AvgIpc) is 3.50. The molecule has 0 bridgehead atoms. The van der Waals surface area contributed by atoms with Gasteiger partial charge in [-0.15, -0.1) is 0 Å². The number of allylic oxidation sites excluding steroid dienone is 2. The summed E-state index contributed by atoms with van der Waals surface area (Å²) >= 11 is 12.7. The molecule has 1 saturated carbocycles. The molecule has 11 nitrogen and oxygen atoms in total. The fourth-order valence-corrected chi connectivity index (χ4v) is 9.41. The molecule has 3 aromatic rings. The highest BCUT2D eigenvalue weighted by molar-refractivity contribution is 6.36. The monoisotopic (exact) mass is 747 g/mol. The van der Waals surface area contributed by atoms with Crippen LogP contribution in [0.15, 0.2) is 66.2 Å². The number of phenolic OH excluding ortho intramolecular Hbond substituents is 1. The highest BCUT2D eigenvalue weighted by Gasteiger charge is 2.70. The quantitative estimate of drug-likeness (QED) is 0.205. The average molecular weight is 749 g/mol. The van der Waals surface area contributed by atoms with Crippen LogP contribution >= 0.6 is 23.2 Å². The van der Waals surface area contributed by atoms with E-state index in [1.54, 1.807) is 48.5 Å². The van der Waals surface area contributed by atoms with Crippen molar-refractivity contribution in [2.75, 3.05) is 26.8 Å². The molecule has 0 spiro atoms. The Labute approximate surface area is 311 Å². The lowest BCUT2D eigenvalue weighted by Crippen LogP contribution is -2.53. The first-order valence-electron chi connectivity index (χ1n) is 17.0. The Kier molecular flexibility index (Phi) is 8.73. The number of halogens is 2. The third-order valence-electron chi connectivity index (χ3n) is 11.1. The minimum absolute atomic E-state index is 0.0953. The summed E-state index contributed by atoms with van der Waals surface area (Å²) in [4.78, 5) is 60.0. The summed E-state index contributed by atoms with van der Waals surface area (Å²) < 4.78 is 16.6. The SMILES string of the molecule is COc1ccc(C23C(=O)N(Nc4ccc(Cl)cc4Cl)C(=O)C2CC2C(=CCC4C(=O)N(C(C)(C)C)C(=O)C42)C3c2cc(OC)c(O)c(OC)c2)cc1. The molecule has 13 heteroatoms. The van der Waals surface area contributed by atoms with Crippen LogP contribution in [0.5, 0.6) is 23.0 Å². The third-order valence-corrected chi connectivity index (χ3v) is 11.6. The van der Waals surface area contributed by atoms with Gasteiger partial charge in [-0.1, -0.05) is 47.0 Å². The van der Waals surface area contributed by atoms with Crippen molar-refractivity contribution >= 4 is 52.5 Å². The van der Waals surface area contributed by atoms with E-state index in [9.17, 15) is 19.5 Å². The second kappa shape index (κ2) is 12.7. The van der Waals surface area contributed by atoms with Crippen LogP contribution in [-0.2, 0) is 24.6 Å².